The van der Waals surface area contributed by atoms with E-state index in [4.69, 9.17) is 9.84 Å². The zero-order chi connectivity index (χ0) is 12.7. The molecule has 0 radical (unpaired) electrons. The number of benzene rings is 1. The van der Waals surface area contributed by atoms with Crippen LogP contribution in [0.3, 0.4) is 0 Å². The van der Waals surface area contributed by atoms with Gasteiger partial charge in [0.05, 0.1) is 19.3 Å². The van der Waals surface area contributed by atoms with Crippen molar-refractivity contribution < 1.29 is 14.9 Å². The second-order valence-corrected chi connectivity index (χ2v) is 4.63. The number of hydrogen-bond donors (Lipinski definition) is 2. The molecule has 3 nitrogen and oxygen atoms in total. The van der Waals surface area contributed by atoms with Crippen LogP contribution in [-0.2, 0) is 11.3 Å². The molecule has 0 amide bonds. The van der Waals surface area contributed by atoms with Gasteiger partial charge in [-0.05, 0) is 5.56 Å². The highest BCUT2D eigenvalue weighted by atomic mass is 16.5. The molecule has 0 saturated heterocycles. The van der Waals surface area contributed by atoms with Crippen molar-refractivity contribution in [3.05, 3.63) is 35.9 Å². The molecule has 0 fully saturated rings. The minimum absolute atomic E-state index is 0.00416. The van der Waals surface area contributed by atoms with Crippen molar-refractivity contribution in [1.82, 2.24) is 0 Å². The summed E-state index contributed by atoms with van der Waals surface area (Å²) < 4.78 is 5.56. The molecule has 0 heterocycles. The SMILES string of the molecule is C[C@H](CO)[C@H](O)[C@H](C)COCc1ccccc1. The lowest BCUT2D eigenvalue weighted by molar-refractivity contribution is -0.00902. The molecule has 17 heavy (non-hydrogen) atoms. The first-order valence-corrected chi connectivity index (χ1v) is 6.05. The van der Waals surface area contributed by atoms with Crippen molar-refractivity contribution in [2.24, 2.45) is 11.8 Å². The minimum atomic E-state index is -0.518. The van der Waals surface area contributed by atoms with E-state index in [1.807, 2.05) is 44.2 Å². The Morgan fingerprint density at radius 1 is 1.12 bits per heavy atom. The number of hydrogen-bond acceptors (Lipinski definition) is 3. The summed E-state index contributed by atoms with van der Waals surface area (Å²) in [5, 5.41) is 18.8. The van der Waals surface area contributed by atoms with E-state index in [-0.39, 0.29) is 18.4 Å². The van der Waals surface area contributed by atoms with E-state index < -0.39 is 6.10 Å². The smallest absolute Gasteiger partial charge is 0.0717 e. The molecule has 0 aliphatic carbocycles. The fourth-order valence-corrected chi connectivity index (χ4v) is 1.70. The van der Waals surface area contributed by atoms with Crippen LogP contribution in [0.2, 0.25) is 0 Å². The van der Waals surface area contributed by atoms with Gasteiger partial charge in [0.25, 0.3) is 0 Å². The first-order chi connectivity index (χ1) is 8.15. The molecule has 0 aromatic heterocycles. The normalized spacial score (nSPS) is 16.5. The first-order valence-electron chi connectivity index (χ1n) is 6.05. The van der Waals surface area contributed by atoms with Crippen molar-refractivity contribution in [3.63, 3.8) is 0 Å². The van der Waals surface area contributed by atoms with Crippen LogP contribution in [0.1, 0.15) is 19.4 Å². The van der Waals surface area contributed by atoms with E-state index in [1.165, 1.54) is 0 Å². The number of ether oxygens (including phenoxy) is 1. The molecule has 0 spiro atoms. The molecule has 1 aromatic carbocycles. The van der Waals surface area contributed by atoms with Gasteiger partial charge >= 0.3 is 0 Å². The zero-order valence-electron chi connectivity index (χ0n) is 10.5. The maximum atomic E-state index is 9.84. The fraction of sp³-hybridized carbons (Fsp3) is 0.571. The molecule has 3 atom stereocenters. The van der Waals surface area contributed by atoms with Crippen molar-refractivity contribution in [2.75, 3.05) is 13.2 Å². The van der Waals surface area contributed by atoms with Gasteiger partial charge in [0.15, 0.2) is 0 Å². The Kier molecular flexibility index (Phi) is 6.19. The van der Waals surface area contributed by atoms with Gasteiger partial charge in [-0.1, -0.05) is 44.2 Å². The predicted molar refractivity (Wildman–Crippen MR) is 67.5 cm³/mol. The van der Waals surface area contributed by atoms with Crippen LogP contribution in [0.25, 0.3) is 0 Å². The van der Waals surface area contributed by atoms with Crippen molar-refractivity contribution in [1.29, 1.82) is 0 Å². The summed E-state index contributed by atoms with van der Waals surface area (Å²) >= 11 is 0. The van der Waals surface area contributed by atoms with Crippen LogP contribution in [0, 0.1) is 11.8 Å². The molecule has 1 rings (SSSR count). The zero-order valence-corrected chi connectivity index (χ0v) is 10.5. The van der Waals surface area contributed by atoms with Gasteiger partial charge in [-0.25, -0.2) is 0 Å². The van der Waals surface area contributed by atoms with E-state index in [0.717, 1.165) is 5.56 Å². The molecule has 2 N–H and O–H groups in total. The molecule has 0 bridgehead atoms. The predicted octanol–water partition coefficient (Wildman–Crippen LogP) is 1.83. The summed E-state index contributed by atoms with van der Waals surface area (Å²) in [6, 6.07) is 9.95. The minimum Gasteiger partial charge on any atom is -0.396 e. The Morgan fingerprint density at radius 2 is 1.76 bits per heavy atom. The van der Waals surface area contributed by atoms with Crippen LogP contribution >= 0.6 is 0 Å². The molecular formula is C14H22O3. The summed E-state index contributed by atoms with van der Waals surface area (Å²) in [4.78, 5) is 0. The lowest BCUT2D eigenvalue weighted by atomic mass is 9.95. The second kappa shape index (κ2) is 7.43. The maximum Gasteiger partial charge on any atom is 0.0717 e. The van der Waals surface area contributed by atoms with Crippen molar-refractivity contribution in [2.45, 2.75) is 26.6 Å². The van der Waals surface area contributed by atoms with Crippen LogP contribution in [0.5, 0.6) is 0 Å². The highest BCUT2D eigenvalue weighted by molar-refractivity contribution is 5.13. The third kappa shape index (κ3) is 4.86. The molecule has 1 aromatic rings. The van der Waals surface area contributed by atoms with Crippen LogP contribution in [0.15, 0.2) is 30.3 Å². The number of aliphatic hydroxyl groups excluding tert-OH is 2. The monoisotopic (exact) mass is 238 g/mol. The molecule has 0 unspecified atom stereocenters. The van der Waals surface area contributed by atoms with E-state index in [2.05, 4.69) is 0 Å². The third-order valence-corrected chi connectivity index (χ3v) is 2.95. The van der Waals surface area contributed by atoms with Gasteiger partial charge < -0.3 is 14.9 Å². The lowest BCUT2D eigenvalue weighted by Gasteiger charge is -2.23. The fourth-order valence-electron chi connectivity index (χ4n) is 1.70. The third-order valence-electron chi connectivity index (χ3n) is 2.95. The largest absolute Gasteiger partial charge is 0.396 e. The summed E-state index contributed by atoms with van der Waals surface area (Å²) in [5.41, 5.74) is 1.13. The van der Waals surface area contributed by atoms with Crippen LogP contribution < -0.4 is 0 Å². The molecule has 0 aliphatic heterocycles. The van der Waals surface area contributed by atoms with Gasteiger partial charge in [0.1, 0.15) is 0 Å². The summed E-state index contributed by atoms with van der Waals surface area (Å²) in [7, 11) is 0. The lowest BCUT2D eigenvalue weighted by Crippen LogP contribution is -2.30. The first kappa shape index (κ1) is 14.2. The summed E-state index contributed by atoms with van der Waals surface area (Å²) in [6.07, 6.45) is -0.518. The highest BCUT2D eigenvalue weighted by Gasteiger charge is 2.20. The standard InChI is InChI=1S/C14H22O3/c1-11(8-15)14(16)12(2)9-17-10-13-6-4-3-5-7-13/h3-7,11-12,14-16H,8-10H2,1-2H3/t11-,12-,14+/m1/s1. The number of aliphatic hydroxyl groups is 2. The Balaban J connectivity index is 2.27. The number of rotatable bonds is 7. The highest BCUT2D eigenvalue weighted by Crippen LogP contribution is 2.13. The van der Waals surface area contributed by atoms with Gasteiger partial charge in [0, 0.05) is 18.4 Å². The quantitative estimate of drug-likeness (QED) is 0.762. The van der Waals surface area contributed by atoms with Gasteiger partial charge in [-0.3, -0.25) is 0 Å². The van der Waals surface area contributed by atoms with E-state index in [0.29, 0.717) is 13.2 Å². The van der Waals surface area contributed by atoms with Crippen molar-refractivity contribution in [3.8, 4) is 0 Å². The topological polar surface area (TPSA) is 49.7 Å². The van der Waals surface area contributed by atoms with E-state index in [9.17, 15) is 5.11 Å². The van der Waals surface area contributed by atoms with Gasteiger partial charge in [-0.15, -0.1) is 0 Å². The average molecular weight is 238 g/mol. The molecule has 0 saturated carbocycles. The molecule has 3 heteroatoms. The van der Waals surface area contributed by atoms with Gasteiger partial charge in [-0.2, -0.15) is 0 Å². The molecule has 0 aliphatic rings. The molecule has 96 valence electrons. The summed E-state index contributed by atoms with van der Waals surface area (Å²) in [5.74, 6) is -0.0776. The Bertz CT molecular complexity index is 300. The Labute approximate surface area is 103 Å². The van der Waals surface area contributed by atoms with E-state index >= 15 is 0 Å². The van der Waals surface area contributed by atoms with Crippen LogP contribution in [0.4, 0.5) is 0 Å². The molecular weight excluding hydrogens is 216 g/mol. The van der Waals surface area contributed by atoms with Crippen molar-refractivity contribution >= 4 is 0 Å². The summed E-state index contributed by atoms with van der Waals surface area (Å²) in [6.45, 7) is 4.83. The Morgan fingerprint density at radius 3 is 2.35 bits per heavy atom. The Hall–Kier alpha value is -0.900. The van der Waals surface area contributed by atoms with Crippen LogP contribution in [-0.4, -0.2) is 29.5 Å². The van der Waals surface area contributed by atoms with Gasteiger partial charge in [0.2, 0.25) is 0 Å². The average Bonchev–Trinajstić information content (AvgIpc) is 2.38. The second-order valence-electron chi connectivity index (χ2n) is 4.63. The van der Waals surface area contributed by atoms with E-state index in [1.54, 1.807) is 0 Å². The maximum absolute atomic E-state index is 9.84.